The van der Waals surface area contributed by atoms with Gasteiger partial charge in [-0.3, -0.25) is 0 Å². The highest BCUT2D eigenvalue weighted by molar-refractivity contribution is 5.39. The van der Waals surface area contributed by atoms with Crippen LogP contribution in [0.2, 0.25) is 0 Å². The first-order chi connectivity index (χ1) is 6.38. The van der Waals surface area contributed by atoms with Crippen molar-refractivity contribution in [3.8, 4) is 18.4 Å². The fourth-order valence-electron chi connectivity index (χ4n) is 1.24. The zero-order chi connectivity index (χ0) is 9.52. The predicted octanol–water partition coefficient (Wildman–Crippen LogP) is 2.51. The molecule has 13 heavy (non-hydrogen) atoms. The van der Waals surface area contributed by atoms with E-state index in [1.54, 1.807) is 0 Å². The lowest BCUT2D eigenvalue weighted by Crippen LogP contribution is -1.89. The van der Waals surface area contributed by atoms with Crippen molar-refractivity contribution in [2.24, 2.45) is 0 Å². The van der Waals surface area contributed by atoms with Crippen molar-refractivity contribution in [1.82, 2.24) is 0 Å². The number of terminal acetylenes is 1. The van der Waals surface area contributed by atoms with Crippen LogP contribution in [0, 0.1) is 23.7 Å². The summed E-state index contributed by atoms with van der Waals surface area (Å²) < 4.78 is 0. The number of nitrogens with zero attached hydrogens (tertiary/aromatic N) is 1. The van der Waals surface area contributed by atoms with Crippen LogP contribution in [0.25, 0.3) is 0 Å². The van der Waals surface area contributed by atoms with Crippen LogP contribution in [0.1, 0.15) is 24.0 Å². The molecule has 1 nitrogen and oxygen atoms in total. The average Bonchev–Trinajstić information content (AvgIpc) is 2.19. The Morgan fingerprint density at radius 2 is 2.08 bits per heavy atom. The van der Waals surface area contributed by atoms with E-state index in [0.717, 1.165) is 18.4 Å². The van der Waals surface area contributed by atoms with Crippen molar-refractivity contribution < 1.29 is 0 Å². The monoisotopic (exact) mass is 169 g/mol. The van der Waals surface area contributed by atoms with Crippen LogP contribution in [0.4, 0.5) is 0 Å². The van der Waals surface area contributed by atoms with Crippen LogP contribution in [0.3, 0.4) is 0 Å². The molecule has 0 aliphatic heterocycles. The van der Waals surface area contributed by atoms with E-state index in [1.807, 2.05) is 24.3 Å². The second-order valence-electron chi connectivity index (χ2n) is 2.81. The van der Waals surface area contributed by atoms with E-state index in [9.17, 15) is 0 Å². The maximum Gasteiger partial charge on any atom is 0.0621 e. The third kappa shape index (κ3) is 2.65. The molecule has 0 saturated heterocycles. The summed E-state index contributed by atoms with van der Waals surface area (Å²) >= 11 is 0. The fraction of sp³-hybridized carbons (Fsp3) is 0.250. The Balaban J connectivity index is 2.67. The van der Waals surface area contributed by atoms with Gasteiger partial charge < -0.3 is 0 Å². The summed E-state index contributed by atoms with van der Waals surface area (Å²) in [5, 5.41) is 8.38. The molecular weight excluding hydrogens is 158 g/mol. The first-order valence-corrected chi connectivity index (χ1v) is 4.30. The summed E-state index contributed by atoms with van der Waals surface area (Å²) in [6.07, 6.45) is 7.72. The Morgan fingerprint density at radius 3 is 2.77 bits per heavy atom. The van der Waals surface area contributed by atoms with E-state index in [-0.39, 0.29) is 0 Å². The van der Waals surface area contributed by atoms with Gasteiger partial charge in [0.05, 0.1) is 6.07 Å². The minimum atomic E-state index is 0.596. The van der Waals surface area contributed by atoms with Gasteiger partial charge in [-0.25, -0.2) is 0 Å². The van der Waals surface area contributed by atoms with Crippen LogP contribution in [0.5, 0.6) is 0 Å². The molecule has 0 heterocycles. The molecule has 0 fully saturated rings. The number of benzene rings is 1. The van der Waals surface area contributed by atoms with Gasteiger partial charge in [0.1, 0.15) is 0 Å². The molecule has 0 aromatic heterocycles. The molecule has 0 saturated carbocycles. The van der Waals surface area contributed by atoms with Gasteiger partial charge in [0.15, 0.2) is 0 Å². The average molecular weight is 169 g/mol. The zero-order valence-corrected chi connectivity index (χ0v) is 7.46. The van der Waals surface area contributed by atoms with E-state index in [0.29, 0.717) is 6.42 Å². The van der Waals surface area contributed by atoms with Crippen molar-refractivity contribution in [2.45, 2.75) is 19.3 Å². The van der Waals surface area contributed by atoms with Gasteiger partial charge in [-0.15, -0.1) is 6.42 Å². The Morgan fingerprint density at radius 1 is 1.31 bits per heavy atom. The van der Waals surface area contributed by atoms with Crippen LogP contribution < -0.4 is 0 Å². The molecular formula is C12H11N. The second-order valence-corrected chi connectivity index (χ2v) is 2.81. The second kappa shape index (κ2) is 5.01. The summed E-state index contributed by atoms with van der Waals surface area (Å²) in [6, 6.07) is 9.98. The molecule has 0 atom stereocenters. The molecule has 1 rings (SSSR count). The maximum absolute atomic E-state index is 8.38. The van der Waals surface area contributed by atoms with Gasteiger partial charge in [0.2, 0.25) is 0 Å². The summed E-state index contributed by atoms with van der Waals surface area (Å²) in [5.41, 5.74) is 2.11. The maximum atomic E-state index is 8.38. The molecule has 0 bridgehead atoms. The molecule has 0 radical (unpaired) electrons. The highest BCUT2D eigenvalue weighted by Gasteiger charge is 1.97. The van der Waals surface area contributed by atoms with Crippen molar-refractivity contribution >= 4 is 0 Å². The Bertz CT molecular complexity index is 352. The number of aryl methyl sites for hydroxylation is 1. The number of unbranched alkanes of at least 4 members (excludes halogenated alkanes) is 1. The Labute approximate surface area is 79.0 Å². The van der Waals surface area contributed by atoms with E-state index < -0.39 is 0 Å². The van der Waals surface area contributed by atoms with Crippen LogP contribution in [-0.4, -0.2) is 0 Å². The smallest absolute Gasteiger partial charge is 0.0621 e. The Hall–Kier alpha value is -1.73. The SMILES string of the molecule is C#Cc1ccccc1CCCC#N. The standard InChI is InChI=1S/C12H11N/c1-2-11-7-3-4-8-12(11)9-5-6-10-13/h1,3-4,7-8H,5-6,9H2. The van der Waals surface area contributed by atoms with Gasteiger partial charge in [-0.05, 0) is 24.5 Å². The van der Waals surface area contributed by atoms with Crippen LogP contribution in [-0.2, 0) is 6.42 Å². The molecule has 64 valence electrons. The molecule has 0 aliphatic rings. The van der Waals surface area contributed by atoms with Crippen LogP contribution in [0.15, 0.2) is 24.3 Å². The highest BCUT2D eigenvalue weighted by Crippen LogP contribution is 2.10. The molecule has 0 N–H and O–H groups in total. The zero-order valence-electron chi connectivity index (χ0n) is 7.46. The molecule has 0 aliphatic carbocycles. The largest absolute Gasteiger partial charge is 0.198 e. The normalized spacial score (nSPS) is 8.77. The quantitative estimate of drug-likeness (QED) is 0.504. The summed E-state index contributed by atoms with van der Waals surface area (Å²) in [4.78, 5) is 0. The summed E-state index contributed by atoms with van der Waals surface area (Å²) in [6.45, 7) is 0. The topological polar surface area (TPSA) is 23.8 Å². The molecule has 0 unspecified atom stereocenters. The molecule has 1 aromatic carbocycles. The first-order valence-electron chi connectivity index (χ1n) is 4.30. The van der Waals surface area contributed by atoms with Gasteiger partial charge >= 0.3 is 0 Å². The van der Waals surface area contributed by atoms with E-state index in [4.69, 9.17) is 11.7 Å². The third-order valence-electron chi connectivity index (χ3n) is 1.91. The van der Waals surface area contributed by atoms with Gasteiger partial charge in [-0.1, -0.05) is 24.1 Å². The summed E-state index contributed by atoms with van der Waals surface area (Å²) in [7, 11) is 0. The minimum Gasteiger partial charge on any atom is -0.198 e. The number of hydrogen-bond acceptors (Lipinski definition) is 1. The molecule has 0 amide bonds. The molecule has 1 aromatic rings. The Kier molecular flexibility index (Phi) is 3.61. The first kappa shape index (κ1) is 9.36. The highest BCUT2D eigenvalue weighted by atomic mass is 14.2. The fourth-order valence-corrected chi connectivity index (χ4v) is 1.24. The van der Waals surface area contributed by atoms with Gasteiger partial charge in [0, 0.05) is 12.0 Å². The number of hydrogen-bond donors (Lipinski definition) is 0. The van der Waals surface area contributed by atoms with Gasteiger partial charge in [0.25, 0.3) is 0 Å². The minimum absolute atomic E-state index is 0.596. The van der Waals surface area contributed by atoms with Crippen molar-refractivity contribution in [3.05, 3.63) is 35.4 Å². The lowest BCUT2D eigenvalue weighted by atomic mass is 10.0. The van der Waals surface area contributed by atoms with E-state index in [1.165, 1.54) is 5.56 Å². The van der Waals surface area contributed by atoms with Crippen LogP contribution >= 0.6 is 0 Å². The molecule has 1 heteroatoms. The molecule has 0 spiro atoms. The lowest BCUT2D eigenvalue weighted by Gasteiger charge is -2.01. The summed E-state index contributed by atoms with van der Waals surface area (Å²) in [5.74, 6) is 2.64. The van der Waals surface area contributed by atoms with E-state index >= 15 is 0 Å². The van der Waals surface area contributed by atoms with Crippen molar-refractivity contribution in [3.63, 3.8) is 0 Å². The number of rotatable bonds is 3. The van der Waals surface area contributed by atoms with Crippen molar-refractivity contribution in [2.75, 3.05) is 0 Å². The van der Waals surface area contributed by atoms with E-state index in [2.05, 4.69) is 12.0 Å². The lowest BCUT2D eigenvalue weighted by molar-refractivity contribution is 0.849. The van der Waals surface area contributed by atoms with Crippen molar-refractivity contribution in [1.29, 1.82) is 5.26 Å². The predicted molar refractivity (Wildman–Crippen MR) is 52.9 cm³/mol. The van der Waals surface area contributed by atoms with Gasteiger partial charge in [-0.2, -0.15) is 5.26 Å². The number of nitriles is 1. The third-order valence-corrected chi connectivity index (χ3v) is 1.91.